The number of benzene rings is 1. The Hall–Kier alpha value is -2.08. The number of rotatable bonds is 5. The third kappa shape index (κ3) is 2.53. The molecule has 3 N–H and O–H groups in total. The Labute approximate surface area is 115 Å². The summed E-state index contributed by atoms with van der Waals surface area (Å²) in [7, 11) is 1.57. The third-order valence-corrected chi connectivity index (χ3v) is 3.84. The number of anilines is 1. The smallest absolute Gasteiger partial charge is 0.249 e. The second kappa shape index (κ2) is 5.27. The predicted molar refractivity (Wildman–Crippen MR) is 75.3 cm³/mol. The van der Waals surface area contributed by atoms with Gasteiger partial charge in [-0.05, 0) is 19.1 Å². The highest BCUT2D eigenvalue weighted by molar-refractivity contribution is 7.09. The molecule has 1 unspecified atom stereocenters. The summed E-state index contributed by atoms with van der Waals surface area (Å²) in [5.74, 6) is 0.153. The summed E-state index contributed by atoms with van der Waals surface area (Å²) in [5, 5.41) is 5.55. The second-order valence-electron chi connectivity index (χ2n) is 4.15. The molecule has 100 valence electrons. The number of nitrogens with two attached hydrogens (primary N) is 1. The van der Waals surface area contributed by atoms with Gasteiger partial charge in [-0.3, -0.25) is 4.79 Å². The van der Waals surface area contributed by atoms with Crippen molar-refractivity contribution in [2.75, 3.05) is 12.4 Å². The van der Waals surface area contributed by atoms with E-state index in [1.54, 1.807) is 25.6 Å². The molecule has 0 saturated carbocycles. The molecule has 5 nitrogen and oxygen atoms in total. The predicted octanol–water partition coefficient (Wildman–Crippen LogP) is 1.96. The van der Waals surface area contributed by atoms with E-state index in [-0.39, 0.29) is 0 Å². The molecule has 0 spiro atoms. The van der Waals surface area contributed by atoms with Gasteiger partial charge in [-0.25, -0.2) is 4.98 Å². The number of amides is 1. The normalized spacial score (nSPS) is 13.6. The number of methoxy groups -OCH3 is 1. The van der Waals surface area contributed by atoms with Gasteiger partial charge in [0.2, 0.25) is 5.91 Å². The Morgan fingerprint density at radius 2 is 2.21 bits per heavy atom. The van der Waals surface area contributed by atoms with Crippen LogP contribution >= 0.6 is 11.3 Å². The van der Waals surface area contributed by atoms with E-state index in [0.29, 0.717) is 16.4 Å². The van der Waals surface area contributed by atoms with Crippen molar-refractivity contribution < 1.29 is 9.53 Å². The minimum atomic E-state index is -1.07. The highest BCUT2D eigenvalue weighted by atomic mass is 32.1. The molecule has 0 aliphatic carbocycles. The van der Waals surface area contributed by atoms with E-state index in [4.69, 9.17) is 10.5 Å². The van der Waals surface area contributed by atoms with Crippen LogP contribution in [0.4, 0.5) is 5.69 Å². The molecule has 0 aliphatic rings. The summed E-state index contributed by atoms with van der Waals surface area (Å²) in [6.07, 6.45) is 1.64. The molecule has 0 saturated heterocycles. The Morgan fingerprint density at radius 3 is 2.79 bits per heavy atom. The number of aromatic nitrogens is 1. The Balaban J connectivity index is 2.40. The Bertz CT molecular complexity index is 571. The van der Waals surface area contributed by atoms with E-state index >= 15 is 0 Å². The zero-order valence-corrected chi connectivity index (χ0v) is 11.5. The topological polar surface area (TPSA) is 77.2 Å². The van der Waals surface area contributed by atoms with Crippen LogP contribution in [-0.2, 0) is 10.3 Å². The number of thiazole rings is 1. The van der Waals surface area contributed by atoms with Crippen molar-refractivity contribution in [1.29, 1.82) is 0 Å². The van der Waals surface area contributed by atoms with Crippen LogP contribution in [0.25, 0.3) is 0 Å². The third-order valence-electron chi connectivity index (χ3n) is 2.84. The molecule has 1 heterocycles. The van der Waals surface area contributed by atoms with Crippen LogP contribution in [0.2, 0.25) is 0 Å². The zero-order valence-electron chi connectivity index (χ0n) is 10.7. The van der Waals surface area contributed by atoms with Gasteiger partial charge in [0, 0.05) is 11.6 Å². The minimum absolute atomic E-state index is 0.492. The van der Waals surface area contributed by atoms with E-state index in [9.17, 15) is 4.79 Å². The van der Waals surface area contributed by atoms with Crippen molar-refractivity contribution in [3.63, 3.8) is 0 Å². The maximum absolute atomic E-state index is 11.8. The van der Waals surface area contributed by atoms with Gasteiger partial charge in [0.15, 0.2) is 5.54 Å². The van der Waals surface area contributed by atoms with Crippen molar-refractivity contribution >= 4 is 22.9 Å². The van der Waals surface area contributed by atoms with Crippen LogP contribution in [0.3, 0.4) is 0 Å². The van der Waals surface area contributed by atoms with Crippen LogP contribution in [0.5, 0.6) is 5.75 Å². The number of nitrogens with zero attached hydrogens (tertiary/aromatic N) is 1. The summed E-state index contributed by atoms with van der Waals surface area (Å²) >= 11 is 1.38. The SMILES string of the molecule is COc1ccccc1NC(C)(C(N)=O)c1nccs1. The second-order valence-corrected chi connectivity index (χ2v) is 5.05. The minimum Gasteiger partial charge on any atom is -0.495 e. The Kier molecular flexibility index (Phi) is 3.71. The average Bonchev–Trinajstić information content (AvgIpc) is 2.93. The maximum atomic E-state index is 11.8. The molecule has 0 bridgehead atoms. The van der Waals surface area contributed by atoms with Crippen molar-refractivity contribution in [3.05, 3.63) is 40.8 Å². The first-order chi connectivity index (χ1) is 9.08. The molecule has 1 atom stereocenters. The van der Waals surface area contributed by atoms with Gasteiger partial charge < -0.3 is 15.8 Å². The molecule has 19 heavy (non-hydrogen) atoms. The molecule has 6 heteroatoms. The monoisotopic (exact) mass is 277 g/mol. The van der Waals surface area contributed by atoms with Gasteiger partial charge in [-0.15, -0.1) is 11.3 Å². The lowest BCUT2D eigenvalue weighted by Crippen LogP contribution is -2.45. The number of ether oxygens (including phenoxy) is 1. The van der Waals surface area contributed by atoms with Crippen molar-refractivity contribution in [3.8, 4) is 5.75 Å². The molecule has 0 fully saturated rings. The largest absolute Gasteiger partial charge is 0.495 e. The van der Waals surface area contributed by atoms with Gasteiger partial charge in [-0.2, -0.15) is 0 Å². The van der Waals surface area contributed by atoms with Gasteiger partial charge in [0.05, 0.1) is 12.8 Å². The van der Waals surface area contributed by atoms with Gasteiger partial charge in [0.1, 0.15) is 10.8 Å². The van der Waals surface area contributed by atoms with Gasteiger partial charge >= 0.3 is 0 Å². The molecule has 2 rings (SSSR count). The van der Waals surface area contributed by atoms with E-state index < -0.39 is 11.4 Å². The van der Waals surface area contributed by atoms with Crippen LogP contribution in [-0.4, -0.2) is 18.0 Å². The molecule has 0 radical (unpaired) electrons. The standard InChI is InChI=1S/C13H15N3O2S/c1-13(11(14)17,12-15-7-8-19-12)16-9-5-3-4-6-10(9)18-2/h3-8,16H,1-2H3,(H2,14,17). The summed E-state index contributed by atoms with van der Waals surface area (Å²) in [5.41, 5.74) is 5.16. The summed E-state index contributed by atoms with van der Waals surface area (Å²) < 4.78 is 5.26. The summed E-state index contributed by atoms with van der Waals surface area (Å²) in [6.45, 7) is 1.71. The van der Waals surface area contributed by atoms with Crippen LogP contribution < -0.4 is 15.8 Å². The number of para-hydroxylation sites is 2. The number of nitrogens with one attached hydrogen (secondary N) is 1. The average molecular weight is 277 g/mol. The molecular weight excluding hydrogens is 262 g/mol. The van der Waals surface area contributed by atoms with Crippen molar-refractivity contribution in [2.24, 2.45) is 5.73 Å². The lowest BCUT2D eigenvalue weighted by molar-refractivity contribution is -0.122. The summed E-state index contributed by atoms with van der Waals surface area (Å²) in [4.78, 5) is 16.0. The van der Waals surface area contributed by atoms with Crippen LogP contribution in [0, 0.1) is 0 Å². The lowest BCUT2D eigenvalue weighted by Gasteiger charge is -2.27. The number of hydrogen-bond acceptors (Lipinski definition) is 5. The van der Waals surface area contributed by atoms with E-state index in [1.807, 2.05) is 24.3 Å². The van der Waals surface area contributed by atoms with Gasteiger partial charge in [0.25, 0.3) is 0 Å². The zero-order chi connectivity index (χ0) is 13.9. The quantitative estimate of drug-likeness (QED) is 0.876. The molecule has 0 aliphatic heterocycles. The highest BCUT2D eigenvalue weighted by Gasteiger charge is 2.36. The van der Waals surface area contributed by atoms with E-state index in [0.717, 1.165) is 0 Å². The number of primary amides is 1. The molecule has 1 aromatic carbocycles. The van der Waals surface area contributed by atoms with Crippen LogP contribution in [0.15, 0.2) is 35.8 Å². The lowest BCUT2D eigenvalue weighted by atomic mass is 10.0. The van der Waals surface area contributed by atoms with Crippen LogP contribution in [0.1, 0.15) is 11.9 Å². The first-order valence-electron chi connectivity index (χ1n) is 5.69. The first kappa shape index (κ1) is 13.4. The summed E-state index contributed by atoms with van der Waals surface area (Å²) in [6, 6.07) is 7.35. The van der Waals surface area contributed by atoms with E-state index in [2.05, 4.69) is 10.3 Å². The maximum Gasteiger partial charge on any atom is 0.249 e. The Morgan fingerprint density at radius 1 is 1.47 bits per heavy atom. The molecule has 2 aromatic rings. The first-order valence-corrected chi connectivity index (χ1v) is 6.57. The van der Waals surface area contributed by atoms with Gasteiger partial charge in [-0.1, -0.05) is 12.1 Å². The number of carbonyl (C=O) groups is 1. The number of hydrogen-bond donors (Lipinski definition) is 2. The van der Waals surface area contributed by atoms with E-state index in [1.165, 1.54) is 11.3 Å². The molecule has 1 aromatic heterocycles. The van der Waals surface area contributed by atoms with Crippen molar-refractivity contribution in [2.45, 2.75) is 12.5 Å². The fourth-order valence-electron chi connectivity index (χ4n) is 1.71. The molecular formula is C13H15N3O2S. The number of carbonyl (C=O) groups excluding carboxylic acids is 1. The highest BCUT2D eigenvalue weighted by Crippen LogP contribution is 2.32. The fourth-order valence-corrected chi connectivity index (χ4v) is 2.47. The molecule has 1 amide bonds. The fraction of sp³-hybridized carbons (Fsp3) is 0.231. The van der Waals surface area contributed by atoms with Crippen molar-refractivity contribution in [1.82, 2.24) is 4.98 Å².